The third kappa shape index (κ3) is 3.33. The van der Waals surface area contributed by atoms with Crippen molar-refractivity contribution in [2.24, 2.45) is 0 Å². The van der Waals surface area contributed by atoms with Crippen molar-refractivity contribution in [3.05, 3.63) is 59.2 Å². The van der Waals surface area contributed by atoms with Crippen molar-refractivity contribution in [3.63, 3.8) is 0 Å². The Hall–Kier alpha value is -2.99. The van der Waals surface area contributed by atoms with Crippen LogP contribution >= 0.6 is 11.6 Å². The van der Waals surface area contributed by atoms with Gasteiger partial charge in [0.1, 0.15) is 17.2 Å². The zero-order valence-electron chi connectivity index (χ0n) is 12.7. The molecule has 1 amide bonds. The Morgan fingerprint density at radius 3 is 2.67 bits per heavy atom. The van der Waals surface area contributed by atoms with Gasteiger partial charge in [-0.05, 0) is 48.5 Å². The second-order valence-corrected chi connectivity index (χ2v) is 5.45. The molecule has 0 atom stereocenters. The van der Waals surface area contributed by atoms with Crippen LogP contribution in [0, 0.1) is 0 Å². The number of carbonyl (C=O) groups excluding carboxylic acids is 1. The first-order valence-corrected chi connectivity index (χ1v) is 7.44. The van der Waals surface area contributed by atoms with E-state index < -0.39 is 0 Å². The minimum atomic E-state index is -0.347. The number of rotatable bonds is 4. The highest BCUT2D eigenvalue weighted by Gasteiger charge is 2.14. The summed E-state index contributed by atoms with van der Waals surface area (Å²) in [5.41, 5.74) is 1.76. The molecule has 0 saturated heterocycles. The smallest absolute Gasteiger partial charge is 0.273 e. The Balaban J connectivity index is 1.79. The molecule has 7 heteroatoms. The summed E-state index contributed by atoms with van der Waals surface area (Å²) in [5, 5.41) is 19.8. The number of phenols is 1. The van der Waals surface area contributed by atoms with E-state index >= 15 is 0 Å². The second kappa shape index (κ2) is 6.64. The Bertz CT molecular complexity index is 875. The van der Waals surface area contributed by atoms with Gasteiger partial charge in [-0.15, -0.1) is 0 Å². The van der Waals surface area contributed by atoms with Gasteiger partial charge in [0, 0.05) is 16.3 Å². The number of hydrogen-bond acceptors (Lipinski definition) is 4. The molecule has 24 heavy (non-hydrogen) atoms. The Morgan fingerprint density at radius 1 is 1.21 bits per heavy atom. The minimum Gasteiger partial charge on any atom is -0.507 e. The Morgan fingerprint density at radius 2 is 1.96 bits per heavy atom. The van der Waals surface area contributed by atoms with Crippen molar-refractivity contribution in [2.75, 3.05) is 12.4 Å². The van der Waals surface area contributed by atoms with Gasteiger partial charge < -0.3 is 15.2 Å². The lowest BCUT2D eigenvalue weighted by Gasteiger charge is -2.04. The number of benzene rings is 2. The van der Waals surface area contributed by atoms with Crippen LogP contribution in [-0.2, 0) is 0 Å². The lowest BCUT2D eigenvalue weighted by atomic mass is 10.1. The van der Waals surface area contributed by atoms with Crippen LogP contribution < -0.4 is 10.1 Å². The molecule has 122 valence electrons. The fraction of sp³-hybridized carbons (Fsp3) is 0.0588. The fourth-order valence-electron chi connectivity index (χ4n) is 2.16. The van der Waals surface area contributed by atoms with Gasteiger partial charge in [0.25, 0.3) is 5.91 Å². The van der Waals surface area contributed by atoms with Gasteiger partial charge in [0.15, 0.2) is 0 Å². The van der Waals surface area contributed by atoms with Crippen LogP contribution in [0.5, 0.6) is 11.5 Å². The zero-order chi connectivity index (χ0) is 17.1. The fourth-order valence-corrected chi connectivity index (χ4v) is 2.33. The van der Waals surface area contributed by atoms with Gasteiger partial charge in [-0.25, -0.2) is 0 Å². The number of H-pyrrole nitrogens is 1. The van der Waals surface area contributed by atoms with E-state index in [2.05, 4.69) is 15.5 Å². The maximum absolute atomic E-state index is 12.3. The molecule has 3 N–H and O–H groups in total. The Labute approximate surface area is 143 Å². The lowest BCUT2D eigenvalue weighted by Crippen LogP contribution is -2.12. The quantitative estimate of drug-likeness (QED) is 0.674. The molecule has 0 spiro atoms. The minimum absolute atomic E-state index is 0.0352. The van der Waals surface area contributed by atoms with Crippen LogP contribution in [-0.4, -0.2) is 28.3 Å². The van der Waals surface area contributed by atoms with Gasteiger partial charge >= 0.3 is 0 Å². The van der Waals surface area contributed by atoms with Gasteiger partial charge in [-0.2, -0.15) is 5.10 Å². The summed E-state index contributed by atoms with van der Waals surface area (Å²) in [4.78, 5) is 12.3. The van der Waals surface area contributed by atoms with E-state index in [-0.39, 0.29) is 17.4 Å². The van der Waals surface area contributed by atoms with E-state index in [1.165, 1.54) is 6.07 Å². The number of hydrogen-bond donors (Lipinski definition) is 3. The molecular weight excluding hydrogens is 330 g/mol. The van der Waals surface area contributed by atoms with Gasteiger partial charge in [-0.1, -0.05) is 11.6 Å². The number of methoxy groups -OCH3 is 1. The summed E-state index contributed by atoms with van der Waals surface area (Å²) in [6.45, 7) is 0. The number of amides is 1. The van der Waals surface area contributed by atoms with E-state index in [4.69, 9.17) is 16.3 Å². The normalized spacial score (nSPS) is 10.4. The average Bonchev–Trinajstić information content (AvgIpc) is 3.08. The van der Waals surface area contributed by atoms with Gasteiger partial charge in [-0.3, -0.25) is 9.89 Å². The molecule has 0 radical (unpaired) electrons. The number of anilines is 1. The monoisotopic (exact) mass is 343 g/mol. The number of aromatic hydroxyl groups is 1. The standard InChI is InChI=1S/C17H14ClN3O3/c1-24-12-5-3-11(4-6-12)19-17(23)15-9-14(20-21-15)13-8-10(18)2-7-16(13)22/h2-9,22H,1H3,(H,19,23)(H,20,21). The number of halogens is 1. The average molecular weight is 344 g/mol. The molecule has 1 heterocycles. The highest BCUT2D eigenvalue weighted by Crippen LogP contribution is 2.30. The predicted molar refractivity (Wildman–Crippen MR) is 91.6 cm³/mol. The molecular formula is C17H14ClN3O3. The summed E-state index contributed by atoms with van der Waals surface area (Å²) in [5.74, 6) is 0.390. The largest absolute Gasteiger partial charge is 0.507 e. The maximum Gasteiger partial charge on any atom is 0.273 e. The highest BCUT2D eigenvalue weighted by molar-refractivity contribution is 6.31. The van der Waals surface area contributed by atoms with Crippen molar-refractivity contribution < 1.29 is 14.6 Å². The van der Waals surface area contributed by atoms with Crippen LogP contribution in [0.1, 0.15) is 10.5 Å². The molecule has 0 aliphatic heterocycles. The summed E-state index contributed by atoms with van der Waals surface area (Å²) < 4.78 is 5.07. The molecule has 3 rings (SSSR count). The van der Waals surface area contributed by atoms with Crippen LogP contribution in [0.25, 0.3) is 11.3 Å². The van der Waals surface area contributed by atoms with Gasteiger partial charge in [0.2, 0.25) is 0 Å². The lowest BCUT2D eigenvalue weighted by molar-refractivity contribution is 0.102. The van der Waals surface area contributed by atoms with E-state index in [0.717, 1.165) is 0 Å². The molecule has 1 aromatic heterocycles. The number of aromatic amines is 1. The summed E-state index contributed by atoms with van der Waals surface area (Å²) >= 11 is 5.93. The first-order chi connectivity index (χ1) is 11.6. The topological polar surface area (TPSA) is 87.2 Å². The molecule has 0 bridgehead atoms. The first kappa shape index (κ1) is 15.9. The van der Waals surface area contributed by atoms with Crippen molar-refractivity contribution in [1.29, 1.82) is 0 Å². The second-order valence-electron chi connectivity index (χ2n) is 5.01. The number of aromatic nitrogens is 2. The van der Waals surface area contributed by atoms with E-state index in [0.29, 0.717) is 27.7 Å². The number of ether oxygens (including phenoxy) is 1. The summed E-state index contributed by atoms with van der Waals surface area (Å²) in [6.07, 6.45) is 0. The molecule has 0 aliphatic rings. The number of carbonyl (C=O) groups is 1. The predicted octanol–water partition coefficient (Wildman–Crippen LogP) is 3.70. The highest BCUT2D eigenvalue weighted by atomic mass is 35.5. The SMILES string of the molecule is COc1ccc(NC(=O)c2cc(-c3cc(Cl)ccc3O)n[nH]2)cc1. The number of nitrogens with zero attached hydrogens (tertiary/aromatic N) is 1. The van der Waals surface area contributed by atoms with Crippen LogP contribution in [0.2, 0.25) is 5.02 Å². The van der Waals surface area contributed by atoms with Crippen LogP contribution in [0.4, 0.5) is 5.69 Å². The molecule has 0 fully saturated rings. The maximum atomic E-state index is 12.3. The van der Waals surface area contributed by atoms with E-state index in [1.807, 2.05) is 0 Å². The van der Waals surface area contributed by atoms with Crippen LogP contribution in [0.15, 0.2) is 48.5 Å². The molecule has 3 aromatic rings. The van der Waals surface area contributed by atoms with Crippen molar-refractivity contribution in [2.45, 2.75) is 0 Å². The van der Waals surface area contributed by atoms with Crippen molar-refractivity contribution in [3.8, 4) is 22.8 Å². The first-order valence-electron chi connectivity index (χ1n) is 7.06. The van der Waals surface area contributed by atoms with E-state index in [1.54, 1.807) is 49.6 Å². The van der Waals surface area contributed by atoms with E-state index in [9.17, 15) is 9.90 Å². The number of phenolic OH excluding ortho intramolecular Hbond substituents is 1. The van der Waals surface area contributed by atoms with Crippen molar-refractivity contribution >= 4 is 23.2 Å². The zero-order valence-corrected chi connectivity index (χ0v) is 13.5. The molecule has 2 aromatic carbocycles. The number of nitrogens with one attached hydrogen (secondary N) is 2. The Kier molecular flexibility index (Phi) is 4.39. The summed E-state index contributed by atoms with van der Waals surface area (Å²) in [7, 11) is 1.57. The molecule has 6 nitrogen and oxygen atoms in total. The van der Waals surface area contributed by atoms with Crippen molar-refractivity contribution in [1.82, 2.24) is 10.2 Å². The van der Waals surface area contributed by atoms with Gasteiger partial charge in [0.05, 0.1) is 12.8 Å². The molecule has 0 aliphatic carbocycles. The van der Waals surface area contributed by atoms with Crippen LogP contribution in [0.3, 0.4) is 0 Å². The molecule has 0 saturated carbocycles. The third-order valence-corrected chi connectivity index (χ3v) is 3.64. The molecule has 0 unspecified atom stereocenters. The summed E-state index contributed by atoms with van der Waals surface area (Å²) in [6, 6.07) is 13.1. The third-order valence-electron chi connectivity index (χ3n) is 3.40.